The van der Waals surface area contributed by atoms with Crippen molar-refractivity contribution in [2.45, 2.75) is 6.54 Å². The quantitative estimate of drug-likeness (QED) is 0.811. The van der Waals surface area contributed by atoms with Gasteiger partial charge < -0.3 is 11.1 Å². The smallest absolute Gasteiger partial charge is 0.248 e. The number of anilines is 1. The molecule has 0 heterocycles. The summed E-state index contributed by atoms with van der Waals surface area (Å²) >= 11 is 6.78. The lowest BCUT2D eigenvalue weighted by Gasteiger charge is -2.10. The van der Waals surface area contributed by atoms with Crippen LogP contribution >= 0.6 is 31.9 Å². The van der Waals surface area contributed by atoms with Gasteiger partial charge in [-0.25, -0.2) is 4.39 Å². The molecule has 0 aliphatic rings. The summed E-state index contributed by atoms with van der Waals surface area (Å²) < 4.78 is 15.5. The van der Waals surface area contributed by atoms with E-state index in [9.17, 15) is 9.18 Å². The number of nitrogens with one attached hydrogen (secondary N) is 1. The number of primary amides is 1. The summed E-state index contributed by atoms with van der Waals surface area (Å²) in [4.78, 5) is 11.1. The summed E-state index contributed by atoms with van der Waals surface area (Å²) in [5.74, 6) is -0.955. The third-order valence-corrected chi connectivity index (χ3v) is 3.91. The lowest BCUT2D eigenvalue weighted by Crippen LogP contribution is -2.12. The van der Waals surface area contributed by atoms with Crippen molar-refractivity contribution < 1.29 is 9.18 Å². The second-order valence-electron chi connectivity index (χ2n) is 4.15. The standard InChI is InChI=1S/C14H11Br2FN2O/c15-10-2-3-11(16)13(6-10)19-7-9-5-8(14(18)20)1-4-12(9)17/h1-6,19H,7H2,(H2,18,20). The second kappa shape index (κ2) is 6.37. The predicted molar refractivity (Wildman–Crippen MR) is 84.1 cm³/mol. The Hall–Kier alpha value is -1.40. The van der Waals surface area contributed by atoms with Gasteiger partial charge in [-0.1, -0.05) is 15.9 Å². The van der Waals surface area contributed by atoms with E-state index in [0.717, 1.165) is 14.6 Å². The van der Waals surface area contributed by atoms with Crippen LogP contribution in [0.3, 0.4) is 0 Å². The molecule has 0 radical (unpaired) electrons. The van der Waals surface area contributed by atoms with Gasteiger partial charge in [0.2, 0.25) is 5.91 Å². The zero-order valence-corrected chi connectivity index (χ0v) is 13.5. The lowest BCUT2D eigenvalue weighted by molar-refractivity contribution is 0.1000. The molecule has 0 bridgehead atoms. The minimum absolute atomic E-state index is 0.252. The highest BCUT2D eigenvalue weighted by Gasteiger charge is 2.08. The predicted octanol–water partition coefficient (Wildman–Crippen LogP) is 4.06. The van der Waals surface area contributed by atoms with E-state index in [1.807, 2.05) is 18.2 Å². The number of hydrogen-bond donors (Lipinski definition) is 2. The topological polar surface area (TPSA) is 55.1 Å². The number of benzene rings is 2. The molecule has 20 heavy (non-hydrogen) atoms. The Bertz CT molecular complexity index is 662. The number of halogens is 3. The fraction of sp³-hybridized carbons (Fsp3) is 0.0714. The van der Waals surface area contributed by atoms with Crippen molar-refractivity contribution in [3.63, 3.8) is 0 Å². The minimum Gasteiger partial charge on any atom is -0.380 e. The maximum absolute atomic E-state index is 13.7. The molecule has 0 atom stereocenters. The van der Waals surface area contributed by atoms with Gasteiger partial charge in [-0.3, -0.25) is 4.79 Å². The molecule has 104 valence electrons. The molecule has 0 saturated carbocycles. The average Bonchev–Trinajstić information content (AvgIpc) is 2.41. The highest BCUT2D eigenvalue weighted by molar-refractivity contribution is 9.11. The second-order valence-corrected chi connectivity index (χ2v) is 5.92. The number of amides is 1. The molecule has 0 aliphatic carbocycles. The molecule has 0 spiro atoms. The van der Waals surface area contributed by atoms with E-state index in [1.54, 1.807) is 0 Å². The Morgan fingerprint density at radius 3 is 2.65 bits per heavy atom. The van der Waals surface area contributed by atoms with E-state index in [4.69, 9.17) is 5.73 Å². The molecule has 6 heteroatoms. The first kappa shape index (κ1) is 15.0. The van der Waals surface area contributed by atoms with Crippen LogP contribution in [0.1, 0.15) is 15.9 Å². The van der Waals surface area contributed by atoms with Crippen molar-refractivity contribution in [3.8, 4) is 0 Å². The van der Waals surface area contributed by atoms with E-state index >= 15 is 0 Å². The molecule has 0 aromatic heterocycles. The molecule has 0 aliphatic heterocycles. The van der Waals surface area contributed by atoms with Gasteiger partial charge in [-0.15, -0.1) is 0 Å². The summed E-state index contributed by atoms with van der Waals surface area (Å²) in [6.07, 6.45) is 0. The van der Waals surface area contributed by atoms with E-state index < -0.39 is 5.91 Å². The summed E-state index contributed by atoms with van der Waals surface area (Å²) in [6.45, 7) is 0.252. The lowest BCUT2D eigenvalue weighted by atomic mass is 10.1. The summed E-state index contributed by atoms with van der Waals surface area (Å²) in [5, 5.41) is 3.11. The van der Waals surface area contributed by atoms with Gasteiger partial charge in [0.1, 0.15) is 5.82 Å². The van der Waals surface area contributed by atoms with Crippen LogP contribution in [-0.4, -0.2) is 5.91 Å². The van der Waals surface area contributed by atoms with Gasteiger partial charge in [0.05, 0.1) is 0 Å². The molecular formula is C14H11Br2FN2O. The Kier molecular flexibility index (Phi) is 4.77. The van der Waals surface area contributed by atoms with Crippen LogP contribution in [0, 0.1) is 5.82 Å². The van der Waals surface area contributed by atoms with Crippen molar-refractivity contribution in [1.29, 1.82) is 0 Å². The zero-order chi connectivity index (χ0) is 14.7. The van der Waals surface area contributed by atoms with Crippen LogP contribution in [0.25, 0.3) is 0 Å². The van der Waals surface area contributed by atoms with Gasteiger partial charge in [-0.05, 0) is 52.3 Å². The molecule has 0 unspecified atom stereocenters. The largest absolute Gasteiger partial charge is 0.380 e. The van der Waals surface area contributed by atoms with Crippen LogP contribution in [-0.2, 0) is 6.54 Å². The molecule has 2 aromatic rings. The Morgan fingerprint density at radius 2 is 1.95 bits per heavy atom. The number of rotatable bonds is 4. The molecule has 3 N–H and O–H groups in total. The van der Waals surface area contributed by atoms with E-state index in [2.05, 4.69) is 37.2 Å². The van der Waals surface area contributed by atoms with Crippen molar-refractivity contribution in [2.75, 3.05) is 5.32 Å². The monoisotopic (exact) mass is 400 g/mol. The van der Waals surface area contributed by atoms with Gasteiger partial charge in [-0.2, -0.15) is 0 Å². The van der Waals surface area contributed by atoms with Crippen LogP contribution in [0.15, 0.2) is 45.3 Å². The molecule has 0 saturated heterocycles. The first-order valence-electron chi connectivity index (χ1n) is 5.74. The minimum atomic E-state index is -0.574. The molecule has 2 aromatic carbocycles. The fourth-order valence-electron chi connectivity index (χ4n) is 1.69. The third kappa shape index (κ3) is 3.58. The first-order chi connectivity index (χ1) is 9.47. The maximum atomic E-state index is 13.7. The van der Waals surface area contributed by atoms with Crippen molar-refractivity contribution in [3.05, 3.63) is 62.3 Å². The molecule has 0 fully saturated rings. The molecular weight excluding hydrogens is 391 g/mol. The Balaban J connectivity index is 2.20. The number of carbonyl (C=O) groups is 1. The molecule has 1 amide bonds. The van der Waals surface area contributed by atoms with Gasteiger partial charge >= 0.3 is 0 Å². The van der Waals surface area contributed by atoms with E-state index in [1.165, 1.54) is 18.2 Å². The van der Waals surface area contributed by atoms with E-state index in [0.29, 0.717) is 5.56 Å². The number of carbonyl (C=O) groups excluding carboxylic acids is 1. The van der Waals surface area contributed by atoms with Crippen LogP contribution in [0.5, 0.6) is 0 Å². The normalized spacial score (nSPS) is 10.3. The maximum Gasteiger partial charge on any atom is 0.248 e. The summed E-state index contributed by atoms with van der Waals surface area (Å²) in [5.41, 5.74) is 6.68. The highest BCUT2D eigenvalue weighted by Crippen LogP contribution is 2.26. The third-order valence-electron chi connectivity index (χ3n) is 2.73. The Morgan fingerprint density at radius 1 is 1.20 bits per heavy atom. The van der Waals surface area contributed by atoms with Gasteiger partial charge in [0.25, 0.3) is 0 Å². The number of nitrogens with two attached hydrogens (primary N) is 1. The van der Waals surface area contributed by atoms with E-state index in [-0.39, 0.29) is 17.9 Å². The summed E-state index contributed by atoms with van der Waals surface area (Å²) in [6, 6.07) is 9.71. The van der Waals surface area contributed by atoms with Crippen LogP contribution in [0.2, 0.25) is 0 Å². The van der Waals surface area contributed by atoms with Gasteiger partial charge in [0, 0.05) is 32.3 Å². The van der Waals surface area contributed by atoms with Gasteiger partial charge in [0.15, 0.2) is 0 Å². The van der Waals surface area contributed by atoms with Crippen molar-refractivity contribution in [1.82, 2.24) is 0 Å². The first-order valence-corrected chi connectivity index (χ1v) is 7.33. The SMILES string of the molecule is NC(=O)c1ccc(F)c(CNc2cc(Br)ccc2Br)c1. The van der Waals surface area contributed by atoms with Crippen LogP contribution < -0.4 is 11.1 Å². The Labute approximate surface area is 132 Å². The average molecular weight is 402 g/mol. The van der Waals surface area contributed by atoms with Crippen molar-refractivity contribution >= 4 is 43.5 Å². The van der Waals surface area contributed by atoms with Crippen LogP contribution in [0.4, 0.5) is 10.1 Å². The molecule has 3 nitrogen and oxygen atoms in total. The zero-order valence-electron chi connectivity index (χ0n) is 10.3. The fourth-order valence-corrected chi connectivity index (χ4v) is 2.43. The highest BCUT2D eigenvalue weighted by atomic mass is 79.9. The van der Waals surface area contributed by atoms with Crippen molar-refractivity contribution in [2.24, 2.45) is 5.73 Å². The summed E-state index contributed by atoms with van der Waals surface area (Å²) in [7, 11) is 0. The molecule has 2 rings (SSSR count). The number of hydrogen-bond acceptors (Lipinski definition) is 2.